The van der Waals surface area contributed by atoms with Gasteiger partial charge in [-0.1, -0.05) is 63.2 Å². The number of oxime groups is 1. The number of benzene rings is 2. The molecular formula is C23H29N3O6S. The Kier molecular flexibility index (Phi) is 8.58. The van der Waals surface area contributed by atoms with Crippen LogP contribution in [0.15, 0.2) is 52.5 Å². The molecule has 0 saturated heterocycles. The van der Waals surface area contributed by atoms with Crippen molar-refractivity contribution in [1.29, 1.82) is 0 Å². The van der Waals surface area contributed by atoms with E-state index < -0.39 is 28.6 Å². The molecule has 3 N–H and O–H groups in total. The van der Waals surface area contributed by atoms with Gasteiger partial charge in [0.05, 0.1) is 10.6 Å². The number of amides is 2. The van der Waals surface area contributed by atoms with E-state index >= 15 is 0 Å². The fourth-order valence-corrected chi connectivity index (χ4v) is 4.09. The van der Waals surface area contributed by atoms with E-state index in [9.17, 15) is 18.0 Å². The minimum Gasteiger partial charge on any atom is -0.479 e. The molecule has 0 fully saturated rings. The second-order valence-electron chi connectivity index (χ2n) is 8.05. The van der Waals surface area contributed by atoms with Crippen LogP contribution in [0.4, 0.5) is 10.5 Å². The fourth-order valence-electron chi connectivity index (χ4n) is 3.14. The molecule has 2 aromatic carbocycles. The lowest BCUT2D eigenvalue weighted by Gasteiger charge is -2.20. The Hall–Kier alpha value is -3.40. The van der Waals surface area contributed by atoms with Crippen molar-refractivity contribution in [3.8, 4) is 0 Å². The van der Waals surface area contributed by atoms with Gasteiger partial charge < -0.3 is 15.3 Å². The number of carbonyl (C=O) groups is 2. The molecule has 178 valence electrons. The normalized spacial score (nSPS) is 12.0. The highest BCUT2D eigenvalue weighted by molar-refractivity contribution is 7.90. The first-order valence-corrected chi connectivity index (χ1v) is 11.9. The van der Waals surface area contributed by atoms with Gasteiger partial charge >= 0.3 is 12.0 Å². The average molecular weight is 476 g/mol. The van der Waals surface area contributed by atoms with Crippen molar-refractivity contribution in [2.45, 2.75) is 51.3 Å². The monoisotopic (exact) mass is 475 g/mol. The van der Waals surface area contributed by atoms with Gasteiger partial charge in [-0.15, -0.1) is 0 Å². The molecule has 0 aliphatic heterocycles. The molecule has 0 heterocycles. The summed E-state index contributed by atoms with van der Waals surface area (Å²) in [6.07, 6.45) is 0. The van der Waals surface area contributed by atoms with Crippen molar-refractivity contribution >= 4 is 33.4 Å². The zero-order valence-electron chi connectivity index (χ0n) is 19.2. The molecule has 9 nitrogen and oxygen atoms in total. The zero-order chi connectivity index (χ0) is 24.8. The molecule has 0 spiro atoms. The minimum absolute atomic E-state index is 0.123. The number of aliphatic carboxylic acids is 1. The topological polar surface area (TPSA) is 134 Å². The lowest BCUT2D eigenvalue weighted by Crippen LogP contribution is -2.35. The first-order chi connectivity index (χ1) is 15.4. The van der Waals surface area contributed by atoms with E-state index in [4.69, 9.17) is 5.11 Å². The highest BCUT2D eigenvalue weighted by atomic mass is 32.2. The SMILES string of the molecule is CC(=NOCC(=O)O)c1cccc(S(=O)(=O)NC(=O)Nc2c(C(C)C)cccc2C(C)C)c1. The van der Waals surface area contributed by atoms with Crippen LogP contribution in [0.25, 0.3) is 0 Å². The first-order valence-electron chi connectivity index (χ1n) is 10.4. The summed E-state index contributed by atoms with van der Waals surface area (Å²) in [6, 6.07) is 10.6. The average Bonchev–Trinajstić information content (AvgIpc) is 2.72. The molecule has 0 unspecified atom stereocenters. The number of carboxylic acids is 1. The number of anilines is 1. The Morgan fingerprint density at radius 2 is 1.61 bits per heavy atom. The number of nitrogens with zero attached hydrogens (tertiary/aromatic N) is 1. The van der Waals surface area contributed by atoms with Crippen LogP contribution in [0.5, 0.6) is 0 Å². The third-order valence-electron chi connectivity index (χ3n) is 4.79. The number of hydrogen-bond acceptors (Lipinski definition) is 6. The summed E-state index contributed by atoms with van der Waals surface area (Å²) in [7, 11) is -4.19. The fraction of sp³-hybridized carbons (Fsp3) is 0.348. The highest BCUT2D eigenvalue weighted by Gasteiger charge is 2.21. The van der Waals surface area contributed by atoms with Crippen LogP contribution >= 0.6 is 0 Å². The number of carbonyl (C=O) groups excluding carboxylic acids is 1. The van der Waals surface area contributed by atoms with Gasteiger partial charge in [-0.3, -0.25) is 0 Å². The van der Waals surface area contributed by atoms with Gasteiger partial charge in [0, 0.05) is 11.3 Å². The van der Waals surface area contributed by atoms with Crippen molar-refractivity contribution < 1.29 is 28.0 Å². The molecule has 0 aliphatic carbocycles. The van der Waals surface area contributed by atoms with Crippen molar-refractivity contribution in [1.82, 2.24) is 4.72 Å². The predicted molar refractivity (Wildman–Crippen MR) is 126 cm³/mol. The minimum atomic E-state index is -4.19. The van der Waals surface area contributed by atoms with E-state index in [0.717, 1.165) is 11.1 Å². The number of para-hydroxylation sites is 1. The number of carboxylic acid groups (broad SMARTS) is 1. The second kappa shape index (κ2) is 11.0. The van der Waals surface area contributed by atoms with E-state index in [-0.39, 0.29) is 22.4 Å². The van der Waals surface area contributed by atoms with Crippen molar-refractivity contribution in [3.05, 3.63) is 59.2 Å². The molecule has 2 amide bonds. The van der Waals surface area contributed by atoms with Crippen molar-refractivity contribution in [3.63, 3.8) is 0 Å². The Bertz CT molecular complexity index is 1130. The summed E-state index contributed by atoms with van der Waals surface area (Å²) in [5.74, 6) is -0.937. The molecule has 0 radical (unpaired) electrons. The van der Waals surface area contributed by atoms with Crippen molar-refractivity contribution in [2.75, 3.05) is 11.9 Å². The molecule has 2 rings (SSSR count). The Morgan fingerprint density at radius 3 is 2.15 bits per heavy atom. The number of urea groups is 1. The van der Waals surface area contributed by atoms with E-state index in [1.807, 2.05) is 45.9 Å². The number of sulfonamides is 1. The molecule has 2 aromatic rings. The van der Waals surface area contributed by atoms with Crippen LogP contribution in [0.1, 0.15) is 63.1 Å². The third-order valence-corrected chi connectivity index (χ3v) is 6.12. The molecule has 33 heavy (non-hydrogen) atoms. The van der Waals surface area contributed by atoms with E-state index in [1.165, 1.54) is 18.2 Å². The smallest absolute Gasteiger partial charge is 0.344 e. The van der Waals surface area contributed by atoms with Crippen LogP contribution in [0.2, 0.25) is 0 Å². The number of nitrogens with one attached hydrogen (secondary N) is 2. The van der Waals surface area contributed by atoms with Crippen LogP contribution in [-0.2, 0) is 19.7 Å². The molecule has 0 saturated carbocycles. The predicted octanol–water partition coefficient (Wildman–Crippen LogP) is 4.27. The largest absolute Gasteiger partial charge is 0.479 e. The lowest BCUT2D eigenvalue weighted by molar-refractivity contribution is -0.142. The lowest BCUT2D eigenvalue weighted by atomic mass is 9.93. The highest BCUT2D eigenvalue weighted by Crippen LogP contribution is 2.32. The Labute approximate surface area is 193 Å². The zero-order valence-corrected chi connectivity index (χ0v) is 20.1. The first kappa shape index (κ1) is 25.9. The molecule has 0 aliphatic rings. The van der Waals surface area contributed by atoms with Gasteiger partial charge in [0.25, 0.3) is 10.0 Å². The molecule has 0 bridgehead atoms. The molecule has 10 heteroatoms. The summed E-state index contributed by atoms with van der Waals surface area (Å²) < 4.78 is 27.7. The summed E-state index contributed by atoms with van der Waals surface area (Å²) >= 11 is 0. The number of rotatable bonds is 9. The van der Waals surface area contributed by atoms with Gasteiger partial charge in [0.2, 0.25) is 6.61 Å². The van der Waals surface area contributed by atoms with E-state index in [2.05, 4.69) is 20.0 Å². The van der Waals surface area contributed by atoms with Crippen LogP contribution in [0, 0.1) is 0 Å². The Balaban J connectivity index is 2.25. The number of hydrogen-bond donors (Lipinski definition) is 3. The summed E-state index contributed by atoms with van der Waals surface area (Å²) in [6.45, 7) is 8.91. The van der Waals surface area contributed by atoms with Gasteiger partial charge in [0.1, 0.15) is 0 Å². The molecular weight excluding hydrogens is 446 g/mol. The summed E-state index contributed by atoms with van der Waals surface area (Å²) in [4.78, 5) is 27.7. The standard InChI is InChI=1S/C23H29N3O6S/c1-14(2)19-10-7-11-20(15(3)4)22(19)24-23(29)26-33(30,31)18-9-6-8-17(12-18)16(5)25-32-13-21(27)28/h6-12,14-15H,13H2,1-5H3,(H,27,28)(H2,24,26,29). The van der Waals surface area contributed by atoms with Crippen LogP contribution in [-0.4, -0.2) is 37.8 Å². The quantitative estimate of drug-likeness (QED) is 0.366. The van der Waals surface area contributed by atoms with Crippen LogP contribution in [0.3, 0.4) is 0 Å². The molecule has 0 atom stereocenters. The summed E-state index contributed by atoms with van der Waals surface area (Å²) in [5.41, 5.74) is 3.09. The van der Waals surface area contributed by atoms with Gasteiger partial charge in [-0.05, 0) is 42.0 Å². The maximum Gasteiger partial charge on any atom is 0.344 e. The van der Waals surface area contributed by atoms with Gasteiger partial charge in [0.15, 0.2) is 0 Å². The molecule has 0 aromatic heterocycles. The van der Waals surface area contributed by atoms with E-state index in [1.54, 1.807) is 13.0 Å². The van der Waals surface area contributed by atoms with Gasteiger partial charge in [-0.2, -0.15) is 0 Å². The van der Waals surface area contributed by atoms with E-state index in [0.29, 0.717) is 11.3 Å². The van der Waals surface area contributed by atoms with Gasteiger partial charge in [-0.25, -0.2) is 22.7 Å². The Morgan fingerprint density at radius 1 is 1.03 bits per heavy atom. The van der Waals surface area contributed by atoms with Crippen LogP contribution < -0.4 is 10.0 Å². The summed E-state index contributed by atoms with van der Waals surface area (Å²) in [5, 5.41) is 15.0. The van der Waals surface area contributed by atoms with Crippen molar-refractivity contribution in [2.24, 2.45) is 5.16 Å². The third kappa shape index (κ3) is 7.04. The maximum atomic E-state index is 12.8. The maximum absolute atomic E-state index is 12.8. The second-order valence-corrected chi connectivity index (χ2v) is 9.73.